The van der Waals surface area contributed by atoms with E-state index >= 15 is 0 Å². The van der Waals surface area contributed by atoms with E-state index in [-0.39, 0.29) is 12.1 Å². The molecule has 2 heteroatoms. The van der Waals surface area contributed by atoms with E-state index in [1.54, 1.807) is 0 Å². The minimum absolute atomic E-state index is 0.126. The smallest absolute Gasteiger partial charge is 0.0862 e. The first-order valence-electron chi connectivity index (χ1n) is 18.9. The van der Waals surface area contributed by atoms with Crippen molar-refractivity contribution in [3.8, 4) is 22.3 Å². The van der Waals surface area contributed by atoms with Gasteiger partial charge in [0.05, 0.1) is 12.1 Å². The van der Waals surface area contributed by atoms with Crippen LogP contribution in [0.5, 0.6) is 0 Å². The van der Waals surface area contributed by atoms with Crippen LogP contribution in [0.2, 0.25) is 0 Å². The monoisotopic (exact) mass is 686 g/mol. The SMILES string of the molecule is c1ccc(-c2ccc3ccc4c(-c5ccc(N6c7ccccc7C7C6c6ccccc6N7c6ccccc6)c6ccccc56)ccc5ccc2c3c54)cc1. The fraction of sp³-hybridized carbons (Fsp3) is 0.0385. The summed E-state index contributed by atoms with van der Waals surface area (Å²) in [5.74, 6) is 0. The summed E-state index contributed by atoms with van der Waals surface area (Å²) in [5, 5.41) is 10.4. The molecular weight excluding hydrogens is 653 g/mol. The van der Waals surface area contributed by atoms with Gasteiger partial charge >= 0.3 is 0 Å². The predicted octanol–water partition coefficient (Wildman–Crippen LogP) is 14.2. The molecule has 2 aliphatic heterocycles. The van der Waals surface area contributed by atoms with Gasteiger partial charge in [-0.05, 0) is 90.3 Å². The normalized spacial score (nSPS) is 16.1. The van der Waals surface area contributed by atoms with Gasteiger partial charge in [-0.15, -0.1) is 0 Å². The lowest BCUT2D eigenvalue weighted by atomic mass is 9.86. The zero-order valence-corrected chi connectivity index (χ0v) is 29.5. The number of anilines is 4. The second-order valence-electron chi connectivity index (χ2n) is 14.8. The Kier molecular flexibility index (Phi) is 6.20. The van der Waals surface area contributed by atoms with Crippen LogP contribution in [0.25, 0.3) is 65.3 Å². The molecule has 10 aromatic carbocycles. The standard InChI is InChI=1S/C52H34N2/c1-3-13-33(14-4-1)37-27-23-34-26-30-43-40(28-24-35-25-29-42(37)49(34)50(35)43)39-31-32-48(41-18-8-7-17-38(39)41)54-47-22-12-10-20-45(47)51-52(54)44-19-9-11-21-46(44)53(51)36-15-5-2-6-16-36/h1-32,51-52H. The summed E-state index contributed by atoms with van der Waals surface area (Å²) in [6, 6.07) is 72.3. The Hall–Kier alpha value is -6.90. The predicted molar refractivity (Wildman–Crippen MR) is 228 cm³/mol. The average Bonchev–Trinajstić information content (AvgIpc) is 3.76. The zero-order chi connectivity index (χ0) is 35.3. The molecule has 0 spiro atoms. The lowest BCUT2D eigenvalue weighted by Gasteiger charge is -2.30. The van der Waals surface area contributed by atoms with Crippen molar-refractivity contribution in [1.82, 2.24) is 0 Å². The maximum Gasteiger partial charge on any atom is 0.0862 e. The van der Waals surface area contributed by atoms with Gasteiger partial charge in [0.2, 0.25) is 0 Å². The molecule has 54 heavy (non-hydrogen) atoms. The summed E-state index contributed by atoms with van der Waals surface area (Å²) in [4.78, 5) is 5.19. The number of nitrogens with zero attached hydrogens (tertiary/aromatic N) is 2. The van der Waals surface area contributed by atoms with Crippen LogP contribution in [0.3, 0.4) is 0 Å². The summed E-state index contributed by atoms with van der Waals surface area (Å²) in [6.45, 7) is 0. The van der Waals surface area contributed by atoms with E-state index < -0.39 is 0 Å². The van der Waals surface area contributed by atoms with Crippen molar-refractivity contribution in [2.45, 2.75) is 12.1 Å². The topological polar surface area (TPSA) is 6.48 Å². The van der Waals surface area contributed by atoms with E-state index in [1.807, 2.05) is 0 Å². The summed E-state index contributed by atoms with van der Waals surface area (Å²) in [6.07, 6.45) is 0. The molecule has 2 heterocycles. The molecule has 0 radical (unpaired) electrons. The molecule has 0 fully saturated rings. The number of fused-ring (bicyclic) bond motifs is 6. The molecule has 10 aromatic rings. The number of rotatable bonds is 4. The van der Waals surface area contributed by atoms with Crippen molar-refractivity contribution in [3.05, 3.63) is 205 Å². The molecule has 2 atom stereocenters. The maximum absolute atomic E-state index is 2.63. The highest BCUT2D eigenvalue weighted by Crippen LogP contribution is 2.63. The molecule has 0 N–H and O–H groups in total. The summed E-state index contributed by atoms with van der Waals surface area (Å²) in [7, 11) is 0. The first-order valence-corrected chi connectivity index (χ1v) is 18.9. The third kappa shape index (κ3) is 4.05. The van der Waals surface area contributed by atoms with Crippen molar-refractivity contribution < 1.29 is 0 Å². The fourth-order valence-corrected chi connectivity index (χ4v) is 9.92. The molecule has 2 unspecified atom stereocenters. The van der Waals surface area contributed by atoms with Crippen LogP contribution in [-0.2, 0) is 0 Å². The number of benzene rings is 10. The minimum atomic E-state index is 0.126. The minimum Gasteiger partial charge on any atom is -0.331 e. The second kappa shape index (κ2) is 11.3. The third-order valence-electron chi connectivity index (χ3n) is 12.1. The molecule has 252 valence electrons. The maximum atomic E-state index is 2.63. The third-order valence-corrected chi connectivity index (χ3v) is 12.1. The van der Waals surface area contributed by atoms with Gasteiger partial charge in [0.1, 0.15) is 0 Å². The second-order valence-corrected chi connectivity index (χ2v) is 14.8. The van der Waals surface area contributed by atoms with Crippen molar-refractivity contribution in [2.75, 3.05) is 9.80 Å². The lowest BCUT2D eigenvalue weighted by Crippen LogP contribution is -2.24. The molecule has 12 rings (SSSR count). The molecule has 0 aromatic heterocycles. The molecule has 2 nitrogen and oxygen atoms in total. The fourth-order valence-electron chi connectivity index (χ4n) is 9.92. The molecule has 0 amide bonds. The molecule has 0 saturated heterocycles. The van der Waals surface area contributed by atoms with E-state index in [0.717, 1.165) is 0 Å². The zero-order valence-electron chi connectivity index (χ0n) is 29.5. The van der Waals surface area contributed by atoms with Crippen LogP contribution in [-0.4, -0.2) is 0 Å². The first kappa shape index (κ1) is 29.7. The van der Waals surface area contributed by atoms with Gasteiger partial charge in [-0.2, -0.15) is 0 Å². The highest BCUT2D eigenvalue weighted by atomic mass is 15.3. The number of hydrogen-bond acceptors (Lipinski definition) is 2. The van der Waals surface area contributed by atoms with Crippen LogP contribution in [0.4, 0.5) is 22.7 Å². The average molecular weight is 687 g/mol. The summed E-state index contributed by atoms with van der Waals surface area (Å²) < 4.78 is 0. The Morgan fingerprint density at radius 3 is 1.48 bits per heavy atom. The molecule has 2 aliphatic rings. The van der Waals surface area contributed by atoms with E-state index in [1.165, 1.54) is 99.2 Å². The number of hydrogen-bond donors (Lipinski definition) is 0. The van der Waals surface area contributed by atoms with Gasteiger partial charge in [0, 0.05) is 39.3 Å². The first-order chi connectivity index (χ1) is 26.8. The Morgan fingerprint density at radius 2 is 0.778 bits per heavy atom. The summed E-state index contributed by atoms with van der Waals surface area (Å²) >= 11 is 0. The van der Waals surface area contributed by atoms with Gasteiger partial charge in [-0.1, -0.05) is 164 Å². The van der Waals surface area contributed by atoms with Crippen molar-refractivity contribution in [1.29, 1.82) is 0 Å². The van der Waals surface area contributed by atoms with Crippen LogP contribution in [0.1, 0.15) is 23.2 Å². The Labute approximate surface area is 314 Å². The Morgan fingerprint density at radius 1 is 0.296 bits per heavy atom. The van der Waals surface area contributed by atoms with Gasteiger partial charge in [-0.3, -0.25) is 0 Å². The molecule has 0 aliphatic carbocycles. The van der Waals surface area contributed by atoms with E-state index in [9.17, 15) is 0 Å². The molecule has 0 bridgehead atoms. The summed E-state index contributed by atoms with van der Waals surface area (Å²) in [5.41, 5.74) is 12.8. The highest BCUT2D eigenvalue weighted by Gasteiger charge is 2.50. The van der Waals surface area contributed by atoms with E-state index in [0.29, 0.717) is 0 Å². The van der Waals surface area contributed by atoms with Crippen molar-refractivity contribution in [3.63, 3.8) is 0 Å². The largest absolute Gasteiger partial charge is 0.331 e. The van der Waals surface area contributed by atoms with Crippen LogP contribution in [0, 0.1) is 0 Å². The van der Waals surface area contributed by atoms with Gasteiger partial charge < -0.3 is 9.80 Å². The number of para-hydroxylation sites is 3. The Bertz CT molecular complexity index is 3070. The Balaban J connectivity index is 1.07. The van der Waals surface area contributed by atoms with Gasteiger partial charge in [0.15, 0.2) is 0 Å². The van der Waals surface area contributed by atoms with Crippen LogP contribution < -0.4 is 9.80 Å². The van der Waals surface area contributed by atoms with Crippen molar-refractivity contribution >= 4 is 65.8 Å². The molecular formula is C52H34N2. The molecule has 0 saturated carbocycles. The lowest BCUT2D eigenvalue weighted by molar-refractivity contribution is 0.635. The van der Waals surface area contributed by atoms with Gasteiger partial charge in [0.25, 0.3) is 0 Å². The quantitative estimate of drug-likeness (QED) is 0.170. The van der Waals surface area contributed by atoms with E-state index in [4.69, 9.17) is 0 Å². The van der Waals surface area contributed by atoms with Gasteiger partial charge in [-0.25, -0.2) is 0 Å². The van der Waals surface area contributed by atoms with Crippen molar-refractivity contribution in [2.24, 2.45) is 0 Å². The van der Waals surface area contributed by atoms with Crippen LogP contribution >= 0.6 is 0 Å². The van der Waals surface area contributed by atoms with E-state index in [2.05, 4.69) is 204 Å². The highest BCUT2D eigenvalue weighted by molar-refractivity contribution is 6.28. The van der Waals surface area contributed by atoms with Crippen LogP contribution in [0.15, 0.2) is 194 Å².